The molecule has 2 saturated heterocycles. The number of halogens is 1. The number of hydrogen-bond donors (Lipinski definition) is 1. The van der Waals surface area contributed by atoms with Gasteiger partial charge in [-0.3, -0.25) is 9.59 Å². The molecule has 2 fully saturated rings. The van der Waals surface area contributed by atoms with Crippen LogP contribution in [-0.4, -0.2) is 53.0 Å². The van der Waals surface area contributed by atoms with Crippen molar-refractivity contribution in [3.63, 3.8) is 0 Å². The third-order valence-corrected chi connectivity index (χ3v) is 6.22. The van der Waals surface area contributed by atoms with Gasteiger partial charge in [-0.25, -0.2) is 4.39 Å². The predicted molar refractivity (Wildman–Crippen MR) is 106 cm³/mol. The molecule has 0 spiro atoms. The van der Waals surface area contributed by atoms with Crippen LogP contribution in [0.4, 0.5) is 4.39 Å². The van der Waals surface area contributed by atoms with Gasteiger partial charge in [0.2, 0.25) is 11.8 Å². The molecule has 0 unspecified atom stereocenters. The number of aryl methyl sites for hydroxylation is 1. The standard InChI is InChI=1S/C23H25FN2O3/c1-15-5-2-3-8-19(15)23-20-13-25(22(29)14-27)11-17(20)12-26(23)21(28)10-16-6-4-7-18(24)9-16/h2-9,17,20,23,27H,10-14H2,1H3/t17-,20-,23+/m0/s1. The van der Waals surface area contributed by atoms with Gasteiger partial charge in [0.25, 0.3) is 0 Å². The maximum atomic E-state index is 13.5. The number of nitrogens with zero attached hydrogens (tertiary/aromatic N) is 2. The van der Waals surface area contributed by atoms with E-state index in [1.54, 1.807) is 17.0 Å². The first kappa shape index (κ1) is 19.6. The first-order valence-electron chi connectivity index (χ1n) is 9.96. The first-order chi connectivity index (χ1) is 14.0. The van der Waals surface area contributed by atoms with E-state index in [0.29, 0.717) is 25.2 Å². The second kappa shape index (κ2) is 7.95. The lowest BCUT2D eigenvalue weighted by Gasteiger charge is -2.31. The molecule has 29 heavy (non-hydrogen) atoms. The van der Waals surface area contributed by atoms with E-state index in [9.17, 15) is 19.1 Å². The van der Waals surface area contributed by atoms with Gasteiger partial charge in [0.15, 0.2) is 0 Å². The Kier molecular flexibility index (Phi) is 5.37. The van der Waals surface area contributed by atoms with E-state index in [-0.39, 0.29) is 41.9 Å². The van der Waals surface area contributed by atoms with Crippen LogP contribution in [0.15, 0.2) is 48.5 Å². The van der Waals surface area contributed by atoms with Gasteiger partial charge in [0, 0.05) is 31.5 Å². The molecule has 5 nitrogen and oxygen atoms in total. The number of fused-ring (bicyclic) bond motifs is 1. The van der Waals surface area contributed by atoms with Crippen LogP contribution < -0.4 is 0 Å². The van der Waals surface area contributed by atoms with E-state index in [1.165, 1.54) is 12.1 Å². The summed E-state index contributed by atoms with van der Waals surface area (Å²) >= 11 is 0. The number of amides is 2. The molecule has 2 heterocycles. The Morgan fingerprint density at radius 2 is 1.86 bits per heavy atom. The number of rotatable bonds is 4. The van der Waals surface area contributed by atoms with Crippen molar-refractivity contribution in [2.45, 2.75) is 19.4 Å². The van der Waals surface area contributed by atoms with E-state index in [2.05, 4.69) is 0 Å². The lowest BCUT2D eigenvalue weighted by molar-refractivity contribution is -0.134. The third-order valence-electron chi connectivity index (χ3n) is 6.22. The summed E-state index contributed by atoms with van der Waals surface area (Å²) in [5.74, 6) is -0.337. The van der Waals surface area contributed by atoms with Gasteiger partial charge in [-0.05, 0) is 35.7 Å². The highest BCUT2D eigenvalue weighted by Crippen LogP contribution is 2.46. The van der Waals surface area contributed by atoms with Crippen molar-refractivity contribution in [1.29, 1.82) is 0 Å². The summed E-state index contributed by atoms with van der Waals surface area (Å²) in [7, 11) is 0. The summed E-state index contributed by atoms with van der Waals surface area (Å²) in [6.07, 6.45) is 0.152. The summed E-state index contributed by atoms with van der Waals surface area (Å²) in [5, 5.41) is 9.23. The van der Waals surface area contributed by atoms with Gasteiger partial charge >= 0.3 is 0 Å². The van der Waals surface area contributed by atoms with Gasteiger partial charge in [-0.2, -0.15) is 0 Å². The fraction of sp³-hybridized carbons (Fsp3) is 0.391. The summed E-state index contributed by atoms with van der Waals surface area (Å²) in [6.45, 7) is 3.19. The average molecular weight is 396 g/mol. The van der Waals surface area contributed by atoms with E-state index in [1.807, 2.05) is 36.1 Å². The lowest BCUT2D eigenvalue weighted by atomic mass is 9.87. The maximum Gasteiger partial charge on any atom is 0.248 e. The molecule has 6 heteroatoms. The molecule has 2 amide bonds. The van der Waals surface area contributed by atoms with Crippen molar-refractivity contribution in [2.75, 3.05) is 26.2 Å². The summed E-state index contributed by atoms with van der Waals surface area (Å²) in [4.78, 5) is 28.8. The van der Waals surface area contributed by atoms with Crippen LogP contribution >= 0.6 is 0 Å². The molecule has 0 aromatic heterocycles. The highest BCUT2D eigenvalue weighted by atomic mass is 19.1. The molecule has 4 rings (SSSR count). The fourth-order valence-corrected chi connectivity index (χ4v) is 4.85. The number of benzene rings is 2. The van der Waals surface area contributed by atoms with Crippen LogP contribution in [0.25, 0.3) is 0 Å². The maximum absolute atomic E-state index is 13.5. The van der Waals surface area contributed by atoms with E-state index in [4.69, 9.17) is 0 Å². The normalized spacial score (nSPS) is 23.3. The van der Waals surface area contributed by atoms with Crippen LogP contribution in [-0.2, 0) is 16.0 Å². The molecule has 1 N–H and O–H groups in total. The monoisotopic (exact) mass is 396 g/mol. The van der Waals surface area contributed by atoms with Gasteiger partial charge in [-0.1, -0.05) is 36.4 Å². The van der Waals surface area contributed by atoms with Crippen molar-refractivity contribution in [3.05, 3.63) is 71.0 Å². The van der Waals surface area contributed by atoms with Crippen molar-refractivity contribution in [3.8, 4) is 0 Å². The molecular formula is C23H25FN2O3. The van der Waals surface area contributed by atoms with Crippen LogP contribution in [0.1, 0.15) is 22.7 Å². The van der Waals surface area contributed by atoms with E-state index < -0.39 is 6.61 Å². The third kappa shape index (κ3) is 3.77. The molecule has 2 aromatic rings. The zero-order valence-corrected chi connectivity index (χ0v) is 16.4. The number of carbonyl (C=O) groups excluding carboxylic acids is 2. The zero-order chi connectivity index (χ0) is 20.5. The number of aliphatic hydroxyl groups is 1. The number of likely N-dealkylation sites (tertiary alicyclic amines) is 2. The molecule has 0 saturated carbocycles. The number of carbonyl (C=O) groups is 2. The predicted octanol–water partition coefficient (Wildman–Crippen LogP) is 2.33. The quantitative estimate of drug-likeness (QED) is 0.863. The molecule has 0 aliphatic carbocycles. The summed E-state index contributed by atoms with van der Waals surface area (Å²) < 4.78 is 13.5. The Balaban J connectivity index is 1.62. The van der Waals surface area contributed by atoms with Gasteiger partial charge in [0.1, 0.15) is 12.4 Å². The van der Waals surface area contributed by atoms with Gasteiger partial charge in [-0.15, -0.1) is 0 Å². The Morgan fingerprint density at radius 3 is 2.59 bits per heavy atom. The molecule has 3 atom stereocenters. The molecular weight excluding hydrogens is 371 g/mol. The van der Waals surface area contributed by atoms with Crippen LogP contribution in [0, 0.1) is 24.6 Å². The highest BCUT2D eigenvalue weighted by molar-refractivity contribution is 5.80. The van der Waals surface area contributed by atoms with Crippen molar-refractivity contribution < 1.29 is 19.1 Å². The Hall–Kier alpha value is -2.73. The second-order valence-electron chi connectivity index (χ2n) is 8.03. The van der Waals surface area contributed by atoms with Gasteiger partial charge < -0.3 is 14.9 Å². The van der Waals surface area contributed by atoms with Crippen molar-refractivity contribution in [1.82, 2.24) is 9.80 Å². The number of hydrogen-bond acceptors (Lipinski definition) is 3. The molecule has 2 aliphatic heterocycles. The molecule has 0 bridgehead atoms. The highest BCUT2D eigenvalue weighted by Gasteiger charge is 2.50. The summed E-state index contributed by atoms with van der Waals surface area (Å²) in [5.41, 5.74) is 2.85. The average Bonchev–Trinajstić information content (AvgIpc) is 3.26. The molecule has 152 valence electrons. The number of aliphatic hydroxyl groups excluding tert-OH is 1. The minimum absolute atomic E-state index is 0.0294. The fourth-order valence-electron chi connectivity index (χ4n) is 4.85. The van der Waals surface area contributed by atoms with Gasteiger partial charge in [0.05, 0.1) is 12.5 Å². The smallest absolute Gasteiger partial charge is 0.248 e. The minimum Gasteiger partial charge on any atom is -0.387 e. The first-order valence-corrected chi connectivity index (χ1v) is 9.96. The molecule has 0 radical (unpaired) electrons. The SMILES string of the molecule is Cc1ccccc1[C@@H]1[C@H]2CN(C(=O)CO)C[C@H]2CN1C(=O)Cc1cccc(F)c1. The summed E-state index contributed by atoms with van der Waals surface area (Å²) in [6, 6.07) is 14.0. The van der Waals surface area contributed by atoms with E-state index in [0.717, 1.165) is 11.1 Å². The zero-order valence-electron chi connectivity index (χ0n) is 16.4. The van der Waals surface area contributed by atoms with Crippen molar-refractivity contribution in [2.24, 2.45) is 11.8 Å². The Bertz CT molecular complexity index is 932. The van der Waals surface area contributed by atoms with Crippen molar-refractivity contribution >= 4 is 11.8 Å². The largest absolute Gasteiger partial charge is 0.387 e. The van der Waals surface area contributed by atoms with Crippen LogP contribution in [0.5, 0.6) is 0 Å². The molecule has 2 aromatic carbocycles. The molecule has 2 aliphatic rings. The van der Waals surface area contributed by atoms with Crippen LogP contribution in [0.3, 0.4) is 0 Å². The van der Waals surface area contributed by atoms with E-state index >= 15 is 0 Å². The Labute approximate surface area is 169 Å². The second-order valence-corrected chi connectivity index (χ2v) is 8.03. The lowest BCUT2D eigenvalue weighted by Crippen LogP contribution is -2.39. The Morgan fingerprint density at radius 1 is 1.07 bits per heavy atom. The van der Waals surface area contributed by atoms with Crippen LogP contribution in [0.2, 0.25) is 0 Å². The minimum atomic E-state index is -0.489. The topological polar surface area (TPSA) is 60.9 Å².